The number of ether oxygens (including phenoxy) is 1. The van der Waals surface area contributed by atoms with Crippen LogP contribution in [0.4, 0.5) is 0 Å². The number of aromatic nitrogens is 3. The largest absolute Gasteiger partial charge is 0.481 e. The zero-order chi connectivity index (χ0) is 13.2. The van der Waals surface area contributed by atoms with Crippen LogP contribution >= 0.6 is 23.4 Å². The van der Waals surface area contributed by atoms with E-state index < -0.39 is 0 Å². The second-order valence-electron chi connectivity index (χ2n) is 4.23. The normalized spacial score (nSPS) is 13.4. The van der Waals surface area contributed by atoms with Crippen molar-refractivity contribution in [3.05, 3.63) is 46.1 Å². The van der Waals surface area contributed by atoms with Crippen molar-refractivity contribution in [1.29, 1.82) is 0 Å². The molecule has 19 heavy (non-hydrogen) atoms. The Balaban J connectivity index is 1.84. The topological polar surface area (TPSA) is 47.9 Å². The molecule has 0 unspecified atom stereocenters. The summed E-state index contributed by atoms with van der Waals surface area (Å²) in [6, 6.07) is 3.80. The van der Waals surface area contributed by atoms with Gasteiger partial charge in [0.25, 0.3) is 0 Å². The monoisotopic (exact) mass is 293 g/mol. The molecule has 0 aliphatic carbocycles. The van der Waals surface area contributed by atoms with E-state index in [2.05, 4.69) is 15.0 Å². The third kappa shape index (κ3) is 2.67. The van der Waals surface area contributed by atoms with Crippen molar-refractivity contribution < 1.29 is 4.74 Å². The van der Waals surface area contributed by atoms with Crippen molar-refractivity contribution in [1.82, 2.24) is 15.0 Å². The maximum atomic E-state index is 6.19. The summed E-state index contributed by atoms with van der Waals surface area (Å²) in [5.74, 6) is 3.19. The van der Waals surface area contributed by atoms with Crippen LogP contribution in [-0.4, -0.2) is 22.1 Å². The lowest BCUT2D eigenvalue weighted by Gasteiger charge is -2.05. The van der Waals surface area contributed by atoms with E-state index in [9.17, 15) is 0 Å². The molecule has 2 aromatic rings. The molecule has 98 valence electrons. The highest BCUT2D eigenvalue weighted by molar-refractivity contribution is 7.98. The van der Waals surface area contributed by atoms with Crippen molar-refractivity contribution in [3.63, 3.8) is 0 Å². The fourth-order valence-corrected chi connectivity index (χ4v) is 3.35. The Labute approximate surface area is 120 Å². The molecular formula is C13H12ClN3OS. The molecule has 0 aromatic carbocycles. The summed E-state index contributed by atoms with van der Waals surface area (Å²) in [7, 11) is 1.60. The molecule has 0 amide bonds. The summed E-state index contributed by atoms with van der Waals surface area (Å²) >= 11 is 8.01. The molecular weight excluding hydrogens is 282 g/mol. The van der Waals surface area contributed by atoms with E-state index in [1.807, 2.05) is 23.9 Å². The molecule has 0 saturated heterocycles. The lowest BCUT2D eigenvalue weighted by molar-refractivity contribution is 0.397. The van der Waals surface area contributed by atoms with Gasteiger partial charge in [0.15, 0.2) is 0 Å². The number of rotatable bonds is 3. The molecule has 1 aliphatic heterocycles. The van der Waals surface area contributed by atoms with Crippen LogP contribution in [0.5, 0.6) is 5.88 Å². The zero-order valence-electron chi connectivity index (χ0n) is 10.4. The predicted molar refractivity (Wildman–Crippen MR) is 75.6 cm³/mol. The Bertz CT molecular complexity index is 604. The Morgan fingerprint density at radius 2 is 2.21 bits per heavy atom. The maximum absolute atomic E-state index is 6.19. The molecule has 3 rings (SSSR count). The van der Waals surface area contributed by atoms with Crippen molar-refractivity contribution in [2.45, 2.75) is 17.9 Å². The molecule has 0 bridgehead atoms. The van der Waals surface area contributed by atoms with E-state index in [0.29, 0.717) is 17.5 Å². The first kappa shape index (κ1) is 12.7. The van der Waals surface area contributed by atoms with Crippen molar-refractivity contribution >= 4 is 23.4 Å². The Morgan fingerprint density at radius 3 is 2.95 bits per heavy atom. The minimum atomic E-state index is 0.589. The number of thioether (sulfide) groups is 1. The van der Waals surface area contributed by atoms with Crippen molar-refractivity contribution in [2.24, 2.45) is 0 Å². The van der Waals surface area contributed by atoms with Crippen LogP contribution in [0.15, 0.2) is 18.3 Å². The zero-order valence-corrected chi connectivity index (χ0v) is 12.0. The SMILES string of the molecule is COc1ccc(Cc2nc(Cl)c3c(n2)CSC3)cn1. The minimum Gasteiger partial charge on any atom is -0.481 e. The fraction of sp³-hybridized carbons (Fsp3) is 0.308. The van der Waals surface area contributed by atoms with Crippen LogP contribution in [0.25, 0.3) is 0 Å². The Morgan fingerprint density at radius 1 is 1.32 bits per heavy atom. The summed E-state index contributed by atoms with van der Waals surface area (Å²) < 4.78 is 5.03. The minimum absolute atomic E-state index is 0.589. The first-order chi connectivity index (χ1) is 9.26. The van der Waals surface area contributed by atoms with Crippen LogP contribution in [0, 0.1) is 0 Å². The predicted octanol–water partition coefficient (Wildman–Crippen LogP) is 2.87. The first-order valence-electron chi connectivity index (χ1n) is 5.87. The smallest absolute Gasteiger partial charge is 0.212 e. The second kappa shape index (κ2) is 5.35. The molecule has 4 nitrogen and oxygen atoms in total. The van der Waals surface area contributed by atoms with Gasteiger partial charge in [-0.2, -0.15) is 11.8 Å². The molecule has 0 saturated carbocycles. The summed E-state index contributed by atoms with van der Waals surface area (Å²) in [6.45, 7) is 0. The summed E-state index contributed by atoms with van der Waals surface area (Å²) in [4.78, 5) is 13.1. The number of halogens is 1. The van der Waals surface area contributed by atoms with Gasteiger partial charge >= 0.3 is 0 Å². The van der Waals surface area contributed by atoms with Crippen LogP contribution in [0.3, 0.4) is 0 Å². The van der Waals surface area contributed by atoms with Crippen LogP contribution in [0.1, 0.15) is 22.6 Å². The first-order valence-corrected chi connectivity index (χ1v) is 7.40. The van der Waals surface area contributed by atoms with E-state index in [1.54, 1.807) is 13.3 Å². The van der Waals surface area contributed by atoms with Gasteiger partial charge in [-0.1, -0.05) is 17.7 Å². The third-order valence-corrected chi connectivity index (χ3v) is 4.23. The van der Waals surface area contributed by atoms with Gasteiger partial charge in [-0.05, 0) is 5.56 Å². The highest BCUT2D eigenvalue weighted by Crippen LogP contribution is 2.32. The maximum Gasteiger partial charge on any atom is 0.212 e. The number of nitrogens with zero attached hydrogens (tertiary/aromatic N) is 3. The second-order valence-corrected chi connectivity index (χ2v) is 5.58. The van der Waals surface area contributed by atoms with Crippen molar-refractivity contribution in [2.75, 3.05) is 7.11 Å². The van der Waals surface area contributed by atoms with Crippen LogP contribution < -0.4 is 4.74 Å². The molecule has 0 spiro atoms. The van der Waals surface area contributed by atoms with Gasteiger partial charge in [-0.3, -0.25) is 0 Å². The summed E-state index contributed by atoms with van der Waals surface area (Å²) in [5.41, 5.74) is 3.20. The van der Waals surface area contributed by atoms with Crippen LogP contribution in [0.2, 0.25) is 5.15 Å². The molecule has 2 aromatic heterocycles. The number of hydrogen-bond donors (Lipinski definition) is 0. The fourth-order valence-electron chi connectivity index (χ4n) is 1.96. The Hall–Kier alpha value is -1.33. The third-order valence-electron chi connectivity index (χ3n) is 2.94. The van der Waals surface area contributed by atoms with E-state index >= 15 is 0 Å². The Kier molecular flexibility index (Phi) is 3.57. The van der Waals surface area contributed by atoms with Gasteiger partial charge in [0.2, 0.25) is 5.88 Å². The van der Waals surface area contributed by atoms with Crippen molar-refractivity contribution in [3.8, 4) is 5.88 Å². The standard InChI is InChI=1S/C13H12ClN3OS/c1-18-12-3-2-8(5-15-12)4-11-16-10-7-19-6-9(10)13(14)17-11/h2-3,5H,4,6-7H2,1H3. The van der Waals surface area contributed by atoms with Gasteiger partial charge in [0.05, 0.1) is 12.8 Å². The summed E-state index contributed by atoms with van der Waals surface area (Å²) in [6.07, 6.45) is 2.41. The summed E-state index contributed by atoms with van der Waals surface area (Å²) in [5, 5.41) is 0.589. The lowest BCUT2D eigenvalue weighted by Crippen LogP contribution is -2.02. The van der Waals surface area contributed by atoms with Gasteiger partial charge in [0.1, 0.15) is 11.0 Å². The molecule has 0 radical (unpaired) electrons. The number of pyridine rings is 1. The molecule has 6 heteroatoms. The van der Waals surface area contributed by atoms with Gasteiger partial charge in [-0.15, -0.1) is 0 Å². The molecule has 0 N–H and O–H groups in total. The average molecular weight is 294 g/mol. The van der Waals surface area contributed by atoms with Gasteiger partial charge < -0.3 is 4.74 Å². The number of hydrogen-bond acceptors (Lipinski definition) is 5. The van der Waals surface area contributed by atoms with E-state index in [-0.39, 0.29) is 0 Å². The molecule has 3 heterocycles. The lowest BCUT2D eigenvalue weighted by atomic mass is 10.2. The average Bonchev–Trinajstić information content (AvgIpc) is 2.88. The highest BCUT2D eigenvalue weighted by atomic mass is 35.5. The number of fused-ring (bicyclic) bond motifs is 1. The molecule has 0 atom stereocenters. The van der Waals surface area contributed by atoms with Crippen LogP contribution in [-0.2, 0) is 17.9 Å². The molecule has 1 aliphatic rings. The van der Waals surface area contributed by atoms with E-state index in [4.69, 9.17) is 16.3 Å². The number of methoxy groups -OCH3 is 1. The van der Waals surface area contributed by atoms with Gasteiger partial charge in [0, 0.05) is 35.8 Å². The molecule has 0 fully saturated rings. The van der Waals surface area contributed by atoms with E-state index in [0.717, 1.165) is 34.2 Å². The highest BCUT2D eigenvalue weighted by Gasteiger charge is 2.18. The quantitative estimate of drug-likeness (QED) is 0.815. The van der Waals surface area contributed by atoms with E-state index in [1.165, 1.54) is 0 Å². The van der Waals surface area contributed by atoms with Gasteiger partial charge in [-0.25, -0.2) is 15.0 Å².